The number of likely N-dealkylation sites (tertiary alicyclic amines) is 1. The zero-order valence-electron chi connectivity index (χ0n) is 14.7. The van der Waals surface area contributed by atoms with Gasteiger partial charge in [0.05, 0.1) is 0 Å². The van der Waals surface area contributed by atoms with Crippen LogP contribution in [0, 0.1) is 5.82 Å². The van der Waals surface area contributed by atoms with Gasteiger partial charge in [-0.1, -0.05) is 6.07 Å². The smallest absolute Gasteiger partial charge is 0.223 e. The molecule has 1 aliphatic carbocycles. The number of halogens is 1. The van der Waals surface area contributed by atoms with Gasteiger partial charge in [-0.2, -0.15) is 0 Å². The van der Waals surface area contributed by atoms with Gasteiger partial charge in [-0.3, -0.25) is 9.78 Å². The third kappa shape index (κ3) is 3.71. The highest BCUT2D eigenvalue weighted by atomic mass is 19.1. The summed E-state index contributed by atoms with van der Waals surface area (Å²) in [6.07, 6.45) is 6.11. The van der Waals surface area contributed by atoms with Gasteiger partial charge in [0, 0.05) is 50.2 Å². The van der Waals surface area contributed by atoms with E-state index in [1.54, 1.807) is 12.1 Å². The third-order valence-electron chi connectivity index (χ3n) is 5.41. The zero-order chi connectivity index (χ0) is 17.9. The molecule has 1 fully saturated rings. The highest BCUT2D eigenvalue weighted by molar-refractivity contribution is 5.77. The van der Waals surface area contributed by atoms with E-state index in [9.17, 15) is 9.18 Å². The summed E-state index contributed by atoms with van der Waals surface area (Å²) >= 11 is 0. The highest BCUT2D eigenvalue weighted by Gasteiger charge is 2.29. The van der Waals surface area contributed by atoms with Crippen LogP contribution in [0.25, 0.3) is 0 Å². The summed E-state index contributed by atoms with van der Waals surface area (Å²) in [6.45, 7) is 1.43. The first kappa shape index (κ1) is 17.0. The van der Waals surface area contributed by atoms with E-state index >= 15 is 0 Å². The van der Waals surface area contributed by atoms with Crippen LogP contribution in [0.1, 0.15) is 42.9 Å². The quantitative estimate of drug-likeness (QED) is 0.841. The summed E-state index contributed by atoms with van der Waals surface area (Å²) in [5, 5.41) is 0. The molecule has 0 N–H and O–H groups in total. The molecule has 0 radical (unpaired) electrons. The average molecular weight is 354 g/mol. The third-order valence-corrected chi connectivity index (χ3v) is 5.41. The molecule has 1 amide bonds. The minimum atomic E-state index is -0.263. The van der Waals surface area contributed by atoms with Gasteiger partial charge in [0.2, 0.25) is 5.91 Å². The van der Waals surface area contributed by atoms with Crippen LogP contribution >= 0.6 is 0 Å². The summed E-state index contributed by atoms with van der Waals surface area (Å²) < 4.78 is 18.9. The van der Waals surface area contributed by atoms with E-state index in [4.69, 9.17) is 4.74 Å². The van der Waals surface area contributed by atoms with Crippen molar-refractivity contribution in [1.29, 1.82) is 0 Å². The van der Waals surface area contributed by atoms with E-state index in [2.05, 4.69) is 11.1 Å². The van der Waals surface area contributed by atoms with Gasteiger partial charge in [0.15, 0.2) is 0 Å². The van der Waals surface area contributed by atoms with Crippen LogP contribution in [0.15, 0.2) is 42.6 Å². The molecule has 1 saturated heterocycles. The Morgan fingerprint density at radius 1 is 1.15 bits per heavy atom. The predicted octanol–water partition coefficient (Wildman–Crippen LogP) is 3.71. The summed E-state index contributed by atoms with van der Waals surface area (Å²) in [5.74, 6) is 0.895. The van der Waals surface area contributed by atoms with Gasteiger partial charge in [0.25, 0.3) is 0 Å². The summed E-state index contributed by atoms with van der Waals surface area (Å²) in [6, 6.07) is 10.2. The SMILES string of the molecule is O=C(CC1CCc2cccnc21)N1CCC(Oc2ccc(F)cc2)CC1. The number of nitrogens with zero attached hydrogens (tertiary/aromatic N) is 2. The van der Waals surface area contributed by atoms with E-state index in [0.717, 1.165) is 31.4 Å². The molecule has 26 heavy (non-hydrogen) atoms. The van der Waals surface area contributed by atoms with E-state index in [1.807, 2.05) is 17.2 Å². The topological polar surface area (TPSA) is 42.4 Å². The fraction of sp³-hybridized carbons (Fsp3) is 0.429. The van der Waals surface area contributed by atoms with Gasteiger partial charge in [-0.25, -0.2) is 4.39 Å². The van der Waals surface area contributed by atoms with Crippen molar-refractivity contribution in [2.45, 2.75) is 44.1 Å². The number of fused-ring (bicyclic) bond motifs is 1. The number of carbonyl (C=O) groups excluding carboxylic acids is 1. The number of amides is 1. The van der Waals surface area contributed by atoms with Crippen molar-refractivity contribution in [2.24, 2.45) is 0 Å². The van der Waals surface area contributed by atoms with Crippen molar-refractivity contribution in [3.8, 4) is 5.75 Å². The molecule has 1 aliphatic heterocycles. The number of aryl methyl sites for hydroxylation is 1. The molecule has 0 bridgehead atoms. The number of ether oxygens (including phenoxy) is 1. The second-order valence-electron chi connectivity index (χ2n) is 7.14. The van der Waals surface area contributed by atoms with Crippen LogP contribution in [0.4, 0.5) is 4.39 Å². The Bertz CT molecular complexity index is 770. The average Bonchev–Trinajstić information content (AvgIpc) is 3.07. The van der Waals surface area contributed by atoms with Crippen molar-refractivity contribution in [2.75, 3.05) is 13.1 Å². The van der Waals surface area contributed by atoms with Gasteiger partial charge in [-0.15, -0.1) is 0 Å². The van der Waals surface area contributed by atoms with Gasteiger partial charge in [0.1, 0.15) is 17.7 Å². The number of rotatable bonds is 4. The molecule has 1 unspecified atom stereocenters. The second-order valence-corrected chi connectivity index (χ2v) is 7.14. The maximum Gasteiger partial charge on any atom is 0.223 e. The van der Waals surface area contributed by atoms with Crippen LogP contribution in [-0.2, 0) is 11.2 Å². The van der Waals surface area contributed by atoms with Crippen molar-refractivity contribution >= 4 is 5.91 Å². The fourth-order valence-corrected chi connectivity index (χ4v) is 3.96. The molecule has 1 aromatic carbocycles. The lowest BCUT2D eigenvalue weighted by Gasteiger charge is -2.32. The van der Waals surface area contributed by atoms with E-state index < -0.39 is 0 Å². The van der Waals surface area contributed by atoms with E-state index in [0.29, 0.717) is 25.3 Å². The number of carbonyl (C=O) groups is 1. The Hall–Kier alpha value is -2.43. The van der Waals surface area contributed by atoms with Crippen LogP contribution in [0.5, 0.6) is 5.75 Å². The summed E-state index contributed by atoms with van der Waals surface area (Å²) in [4.78, 5) is 19.1. The number of hydrogen-bond acceptors (Lipinski definition) is 3. The summed E-state index contributed by atoms with van der Waals surface area (Å²) in [7, 11) is 0. The Labute approximate surface area is 153 Å². The molecule has 0 saturated carbocycles. The second kappa shape index (κ2) is 7.44. The molecule has 1 aromatic heterocycles. The van der Waals surface area contributed by atoms with Crippen LogP contribution in [0.2, 0.25) is 0 Å². The van der Waals surface area contributed by atoms with Crippen LogP contribution in [0.3, 0.4) is 0 Å². The van der Waals surface area contributed by atoms with Crippen molar-refractivity contribution < 1.29 is 13.9 Å². The summed E-state index contributed by atoms with van der Waals surface area (Å²) in [5.41, 5.74) is 2.40. The first-order chi connectivity index (χ1) is 12.7. The Morgan fingerprint density at radius 3 is 2.69 bits per heavy atom. The number of piperidine rings is 1. The molecule has 5 heteroatoms. The molecular formula is C21H23FN2O2. The van der Waals surface area contributed by atoms with E-state index in [1.165, 1.54) is 17.7 Å². The standard InChI is InChI=1S/C21H23FN2O2/c22-17-5-7-18(8-6-17)26-19-9-12-24(13-10-19)20(25)14-16-4-3-15-2-1-11-23-21(15)16/h1-2,5-8,11,16,19H,3-4,9-10,12-14H2. The van der Waals surface area contributed by atoms with E-state index in [-0.39, 0.29) is 23.7 Å². The first-order valence-corrected chi connectivity index (χ1v) is 9.33. The lowest BCUT2D eigenvalue weighted by atomic mass is 10.00. The van der Waals surface area contributed by atoms with Crippen LogP contribution in [-0.4, -0.2) is 35.0 Å². The number of aromatic nitrogens is 1. The highest BCUT2D eigenvalue weighted by Crippen LogP contribution is 2.34. The lowest BCUT2D eigenvalue weighted by molar-refractivity contribution is -0.133. The minimum Gasteiger partial charge on any atom is -0.490 e. The van der Waals surface area contributed by atoms with Crippen molar-refractivity contribution in [3.05, 3.63) is 59.7 Å². The first-order valence-electron chi connectivity index (χ1n) is 9.33. The van der Waals surface area contributed by atoms with Gasteiger partial charge >= 0.3 is 0 Å². The number of benzene rings is 1. The zero-order valence-corrected chi connectivity index (χ0v) is 14.7. The minimum absolute atomic E-state index is 0.0818. The normalized spacial score (nSPS) is 20.0. The molecule has 2 heterocycles. The molecule has 1 atom stereocenters. The maximum absolute atomic E-state index is 13.0. The number of hydrogen-bond donors (Lipinski definition) is 0. The molecule has 2 aliphatic rings. The largest absolute Gasteiger partial charge is 0.490 e. The Morgan fingerprint density at radius 2 is 1.92 bits per heavy atom. The van der Waals surface area contributed by atoms with Gasteiger partial charge < -0.3 is 9.64 Å². The molecule has 136 valence electrons. The Kier molecular flexibility index (Phi) is 4.87. The predicted molar refractivity (Wildman–Crippen MR) is 96.5 cm³/mol. The number of pyridine rings is 1. The molecular weight excluding hydrogens is 331 g/mol. The fourth-order valence-electron chi connectivity index (χ4n) is 3.96. The monoisotopic (exact) mass is 354 g/mol. The van der Waals surface area contributed by atoms with Crippen molar-refractivity contribution in [3.63, 3.8) is 0 Å². The lowest BCUT2D eigenvalue weighted by Crippen LogP contribution is -2.42. The molecule has 0 spiro atoms. The molecule has 4 nitrogen and oxygen atoms in total. The molecule has 4 rings (SSSR count). The molecule has 2 aromatic rings. The maximum atomic E-state index is 13.0. The van der Waals surface area contributed by atoms with Crippen molar-refractivity contribution in [1.82, 2.24) is 9.88 Å². The Balaban J connectivity index is 1.28. The van der Waals surface area contributed by atoms with Gasteiger partial charge in [-0.05, 0) is 48.7 Å². The van der Waals surface area contributed by atoms with Crippen LogP contribution < -0.4 is 4.74 Å².